The van der Waals surface area contributed by atoms with Crippen LogP contribution in [-0.4, -0.2) is 6.79 Å². The molecule has 1 aliphatic heterocycles. The van der Waals surface area contributed by atoms with Gasteiger partial charge in [-0.2, -0.15) is 0 Å². The molecule has 4 heteroatoms. The van der Waals surface area contributed by atoms with E-state index in [-0.39, 0.29) is 12.3 Å². The molecule has 1 aliphatic carbocycles. The van der Waals surface area contributed by atoms with Gasteiger partial charge in [-0.05, 0) is 24.8 Å². The lowest BCUT2D eigenvalue weighted by molar-refractivity contribution is 0.173. The number of halogens is 1. The SMILES string of the molecule is CCc1c2c(cc(Cl)c1C1(N)CCCC1)OCO2. The van der Waals surface area contributed by atoms with E-state index < -0.39 is 0 Å². The van der Waals surface area contributed by atoms with Crippen LogP contribution in [0.15, 0.2) is 6.07 Å². The van der Waals surface area contributed by atoms with Crippen LogP contribution >= 0.6 is 11.6 Å². The maximum absolute atomic E-state index is 6.57. The van der Waals surface area contributed by atoms with Crippen molar-refractivity contribution in [3.8, 4) is 11.5 Å². The first-order valence-electron chi connectivity index (χ1n) is 6.56. The predicted molar refractivity (Wildman–Crippen MR) is 71.3 cm³/mol. The van der Waals surface area contributed by atoms with Gasteiger partial charge in [0, 0.05) is 22.2 Å². The van der Waals surface area contributed by atoms with E-state index in [1.54, 1.807) is 0 Å². The second-order valence-corrected chi connectivity index (χ2v) is 5.57. The smallest absolute Gasteiger partial charge is 0.231 e. The molecule has 1 aromatic carbocycles. The largest absolute Gasteiger partial charge is 0.454 e. The zero-order valence-electron chi connectivity index (χ0n) is 10.6. The molecule has 0 unspecified atom stereocenters. The molecule has 0 radical (unpaired) electrons. The Morgan fingerprint density at radius 3 is 2.72 bits per heavy atom. The quantitative estimate of drug-likeness (QED) is 0.894. The fraction of sp³-hybridized carbons (Fsp3) is 0.571. The zero-order chi connectivity index (χ0) is 12.8. The first-order chi connectivity index (χ1) is 8.65. The Morgan fingerprint density at radius 2 is 2.06 bits per heavy atom. The number of rotatable bonds is 2. The highest BCUT2D eigenvalue weighted by atomic mass is 35.5. The van der Waals surface area contributed by atoms with E-state index in [9.17, 15) is 0 Å². The molecule has 98 valence electrons. The fourth-order valence-corrected chi connectivity index (χ4v) is 3.61. The predicted octanol–water partition coefficient (Wildman–Crippen LogP) is 3.36. The Balaban J connectivity index is 2.19. The highest BCUT2D eigenvalue weighted by Crippen LogP contribution is 2.48. The summed E-state index contributed by atoms with van der Waals surface area (Å²) in [5.41, 5.74) is 8.48. The molecule has 0 bridgehead atoms. The summed E-state index contributed by atoms with van der Waals surface area (Å²) in [6.45, 7) is 2.38. The minimum Gasteiger partial charge on any atom is -0.454 e. The molecule has 0 spiro atoms. The summed E-state index contributed by atoms with van der Waals surface area (Å²) in [5.74, 6) is 1.59. The molecular weight excluding hydrogens is 250 g/mol. The molecule has 0 atom stereocenters. The van der Waals surface area contributed by atoms with E-state index in [2.05, 4.69) is 6.92 Å². The standard InChI is InChI=1S/C14H18ClNO2/c1-2-9-12(14(16)5-3-4-6-14)10(15)7-11-13(9)18-8-17-11/h7H,2-6,8,16H2,1H3. The summed E-state index contributed by atoms with van der Waals surface area (Å²) in [6, 6.07) is 1.85. The molecule has 1 saturated carbocycles. The fourth-order valence-electron chi connectivity index (χ4n) is 3.21. The van der Waals surface area contributed by atoms with Crippen LogP contribution in [0.25, 0.3) is 0 Å². The summed E-state index contributed by atoms with van der Waals surface area (Å²) in [6.07, 6.45) is 5.20. The molecule has 3 rings (SSSR count). The number of fused-ring (bicyclic) bond motifs is 1. The van der Waals surface area contributed by atoms with Gasteiger partial charge in [0.25, 0.3) is 0 Å². The molecule has 1 aromatic rings. The van der Waals surface area contributed by atoms with Gasteiger partial charge >= 0.3 is 0 Å². The van der Waals surface area contributed by atoms with Crippen molar-refractivity contribution in [3.63, 3.8) is 0 Å². The van der Waals surface area contributed by atoms with Crippen LogP contribution in [0, 0.1) is 0 Å². The molecular formula is C14H18ClNO2. The van der Waals surface area contributed by atoms with E-state index in [0.717, 1.165) is 46.9 Å². The van der Waals surface area contributed by atoms with E-state index in [1.165, 1.54) is 12.8 Å². The second-order valence-electron chi connectivity index (χ2n) is 5.16. The van der Waals surface area contributed by atoms with Crippen molar-refractivity contribution in [2.45, 2.75) is 44.6 Å². The van der Waals surface area contributed by atoms with Gasteiger partial charge in [0.15, 0.2) is 11.5 Å². The number of nitrogens with two attached hydrogens (primary N) is 1. The number of ether oxygens (including phenoxy) is 2. The van der Waals surface area contributed by atoms with Crippen molar-refractivity contribution >= 4 is 11.6 Å². The summed E-state index contributed by atoms with van der Waals surface area (Å²) in [5, 5.41) is 0.723. The van der Waals surface area contributed by atoms with Crippen molar-refractivity contribution in [2.24, 2.45) is 5.73 Å². The van der Waals surface area contributed by atoms with Crippen LogP contribution < -0.4 is 15.2 Å². The summed E-state index contributed by atoms with van der Waals surface area (Å²) in [7, 11) is 0. The highest BCUT2D eigenvalue weighted by molar-refractivity contribution is 6.31. The lowest BCUT2D eigenvalue weighted by atomic mass is 9.84. The number of hydrogen-bond acceptors (Lipinski definition) is 3. The van der Waals surface area contributed by atoms with Crippen LogP contribution in [0.1, 0.15) is 43.7 Å². The van der Waals surface area contributed by atoms with Crippen molar-refractivity contribution in [3.05, 3.63) is 22.2 Å². The Hall–Kier alpha value is -0.930. The van der Waals surface area contributed by atoms with Gasteiger partial charge in [-0.1, -0.05) is 31.4 Å². The van der Waals surface area contributed by atoms with Gasteiger partial charge in [0.2, 0.25) is 6.79 Å². The summed E-state index contributed by atoms with van der Waals surface area (Å²) in [4.78, 5) is 0. The molecule has 1 heterocycles. The Morgan fingerprint density at radius 1 is 1.33 bits per heavy atom. The third-order valence-electron chi connectivity index (χ3n) is 4.06. The maximum atomic E-state index is 6.57. The normalized spacial score (nSPS) is 20.4. The Bertz CT molecular complexity index is 481. The van der Waals surface area contributed by atoms with E-state index in [4.69, 9.17) is 26.8 Å². The molecule has 3 nitrogen and oxygen atoms in total. The lowest BCUT2D eigenvalue weighted by Gasteiger charge is -2.28. The minimum atomic E-state index is -0.288. The van der Waals surface area contributed by atoms with Gasteiger partial charge in [-0.15, -0.1) is 0 Å². The van der Waals surface area contributed by atoms with Crippen molar-refractivity contribution in [1.82, 2.24) is 0 Å². The van der Waals surface area contributed by atoms with Crippen LogP contribution in [0.2, 0.25) is 5.02 Å². The molecule has 1 fully saturated rings. The monoisotopic (exact) mass is 267 g/mol. The maximum Gasteiger partial charge on any atom is 0.231 e. The van der Waals surface area contributed by atoms with Crippen molar-refractivity contribution in [1.29, 1.82) is 0 Å². The topological polar surface area (TPSA) is 44.5 Å². The van der Waals surface area contributed by atoms with Crippen molar-refractivity contribution < 1.29 is 9.47 Å². The lowest BCUT2D eigenvalue weighted by Crippen LogP contribution is -2.34. The van der Waals surface area contributed by atoms with Gasteiger partial charge < -0.3 is 15.2 Å². The van der Waals surface area contributed by atoms with Crippen LogP contribution in [0.3, 0.4) is 0 Å². The average molecular weight is 268 g/mol. The Labute approximate surface area is 112 Å². The van der Waals surface area contributed by atoms with E-state index in [0.29, 0.717) is 0 Å². The van der Waals surface area contributed by atoms with Crippen LogP contribution in [0.5, 0.6) is 11.5 Å². The zero-order valence-corrected chi connectivity index (χ0v) is 11.3. The molecule has 2 N–H and O–H groups in total. The second kappa shape index (κ2) is 4.32. The van der Waals surface area contributed by atoms with Crippen LogP contribution in [0.4, 0.5) is 0 Å². The first kappa shape index (κ1) is 12.1. The van der Waals surface area contributed by atoms with Gasteiger partial charge in [0.1, 0.15) is 0 Å². The summed E-state index contributed by atoms with van der Waals surface area (Å²) < 4.78 is 11.0. The molecule has 0 aromatic heterocycles. The molecule has 18 heavy (non-hydrogen) atoms. The number of hydrogen-bond donors (Lipinski definition) is 1. The van der Waals surface area contributed by atoms with Crippen molar-refractivity contribution in [2.75, 3.05) is 6.79 Å². The van der Waals surface area contributed by atoms with E-state index >= 15 is 0 Å². The summed E-state index contributed by atoms with van der Waals surface area (Å²) >= 11 is 6.45. The molecule has 0 saturated heterocycles. The third-order valence-corrected chi connectivity index (χ3v) is 4.36. The first-order valence-corrected chi connectivity index (χ1v) is 6.94. The minimum absolute atomic E-state index is 0.277. The Kier molecular flexibility index (Phi) is 2.91. The molecule has 0 amide bonds. The van der Waals surface area contributed by atoms with E-state index in [1.807, 2.05) is 6.07 Å². The third kappa shape index (κ3) is 1.69. The average Bonchev–Trinajstić information content (AvgIpc) is 2.96. The number of benzene rings is 1. The van der Waals surface area contributed by atoms with Crippen LogP contribution in [-0.2, 0) is 12.0 Å². The molecule has 2 aliphatic rings. The van der Waals surface area contributed by atoms with Gasteiger partial charge in [-0.3, -0.25) is 0 Å². The highest BCUT2D eigenvalue weighted by Gasteiger charge is 2.37. The van der Waals surface area contributed by atoms with Gasteiger partial charge in [-0.25, -0.2) is 0 Å². The van der Waals surface area contributed by atoms with Gasteiger partial charge in [0.05, 0.1) is 0 Å².